The van der Waals surface area contributed by atoms with Crippen LogP contribution in [0.4, 0.5) is 11.4 Å². The number of halogens is 1. The average Bonchev–Trinajstić information content (AvgIpc) is 2.61. The van der Waals surface area contributed by atoms with E-state index >= 15 is 0 Å². The van der Waals surface area contributed by atoms with Crippen LogP contribution in [0.3, 0.4) is 0 Å². The number of carbonyl (C=O) groups is 1. The molecular weight excluding hydrogens is 338 g/mol. The van der Waals surface area contributed by atoms with Gasteiger partial charge in [-0.05, 0) is 36.8 Å². The van der Waals surface area contributed by atoms with E-state index in [1.165, 1.54) is 5.56 Å². The Bertz CT molecular complexity index is 620. The largest absolute Gasteiger partial charge is 0.383 e. The van der Waals surface area contributed by atoms with Gasteiger partial charge in [0.05, 0.1) is 13.2 Å². The van der Waals surface area contributed by atoms with Crippen LogP contribution in [0, 0.1) is 0 Å². The zero-order valence-corrected chi connectivity index (χ0v) is 15.4. The molecule has 0 spiro atoms. The van der Waals surface area contributed by atoms with Gasteiger partial charge < -0.3 is 20.7 Å². The van der Waals surface area contributed by atoms with Crippen LogP contribution in [0.5, 0.6) is 0 Å². The first-order valence-electron chi connectivity index (χ1n) is 8.10. The second kappa shape index (κ2) is 11.5. The van der Waals surface area contributed by atoms with Gasteiger partial charge >= 0.3 is 0 Å². The molecule has 0 radical (unpaired) electrons. The molecule has 1 amide bonds. The lowest BCUT2D eigenvalue weighted by Crippen LogP contribution is -2.30. The number of benzene rings is 2. The Balaban J connectivity index is 0.00000312. The molecule has 2 aromatic rings. The van der Waals surface area contributed by atoms with Gasteiger partial charge in [0.25, 0.3) is 0 Å². The van der Waals surface area contributed by atoms with Crippen molar-refractivity contribution in [1.29, 1.82) is 0 Å². The predicted octanol–water partition coefficient (Wildman–Crippen LogP) is 3.46. The molecule has 0 fully saturated rings. The summed E-state index contributed by atoms with van der Waals surface area (Å²) in [5, 5.41) is 9.32. The van der Waals surface area contributed by atoms with E-state index in [2.05, 4.69) is 35.0 Å². The summed E-state index contributed by atoms with van der Waals surface area (Å²) in [6.07, 6.45) is 0. The molecule has 0 aliphatic carbocycles. The Morgan fingerprint density at radius 1 is 1.04 bits per heavy atom. The molecule has 0 bridgehead atoms. The first-order valence-corrected chi connectivity index (χ1v) is 8.10. The molecule has 1 atom stereocenters. The van der Waals surface area contributed by atoms with Crippen LogP contribution in [0.2, 0.25) is 0 Å². The van der Waals surface area contributed by atoms with Crippen molar-refractivity contribution >= 4 is 29.7 Å². The molecular formula is C19H26ClN3O2. The van der Waals surface area contributed by atoms with Gasteiger partial charge in [-0.3, -0.25) is 4.79 Å². The van der Waals surface area contributed by atoms with Crippen LogP contribution >= 0.6 is 12.4 Å². The van der Waals surface area contributed by atoms with E-state index in [1.54, 1.807) is 7.11 Å². The third kappa shape index (κ3) is 7.56. The van der Waals surface area contributed by atoms with Gasteiger partial charge in [0.15, 0.2) is 0 Å². The third-order valence-corrected chi connectivity index (χ3v) is 3.62. The van der Waals surface area contributed by atoms with Gasteiger partial charge in [-0.15, -0.1) is 12.4 Å². The molecule has 136 valence electrons. The van der Waals surface area contributed by atoms with Crippen LogP contribution in [-0.4, -0.2) is 32.7 Å². The zero-order valence-electron chi connectivity index (χ0n) is 14.6. The fourth-order valence-corrected chi connectivity index (χ4v) is 2.31. The SMILES string of the molecule is COCCNCC(=O)Nc1ccc(NC(C)c2ccccc2)cc1.Cl. The van der Waals surface area contributed by atoms with Gasteiger partial charge in [-0.2, -0.15) is 0 Å². The van der Waals surface area contributed by atoms with Crippen molar-refractivity contribution in [2.45, 2.75) is 13.0 Å². The normalized spacial score (nSPS) is 11.3. The quantitative estimate of drug-likeness (QED) is 0.597. The summed E-state index contributed by atoms with van der Waals surface area (Å²) < 4.78 is 4.92. The van der Waals surface area contributed by atoms with Crippen LogP contribution in [0.1, 0.15) is 18.5 Å². The van der Waals surface area contributed by atoms with Crippen LogP contribution in [0.25, 0.3) is 0 Å². The Labute approximate surface area is 155 Å². The monoisotopic (exact) mass is 363 g/mol. The lowest BCUT2D eigenvalue weighted by molar-refractivity contribution is -0.115. The molecule has 6 heteroatoms. The maximum atomic E-state index is 11.8. The maximum Gasteiger partial charge on any atom is 0.238 e. The number of amides is 1. The Morgan fingerprint density at radius 3 is 2.32 bits per heavy atom. The minimum Gasteiger partial charge on any atom is -0.383 e. The molecule has 0 aliphatic rings. The summed E-state index contributed by atoms with van der Waals surface area (Å²) in [6, 6.07) is 18.2. The first-order chi connectivity index (χ1) is 11.7. The fraction of sp³-hybridized carbons (Fsp3) is 0.316. The third-order valence-electron chi connectivity index (χ3n) is 3.62. The van der Waals surface area contributed by atoms with E-state index < -0.39 is 0 Å². The molecule has 0 heterocycles. The number of nitrogens with one attached hydrogen (secondary N) is 3. The summed E-state index contributed by atoms with van der Waals surface area (Å²) in [5.74, 6) is -0.0653. The van der Waals surface area contributed by atoms with Crippen LogP contribution in [-0.2, 0) is 9.53 Å². The summed E-state index contributed by atoms with van der Waals surface area (Å²) in [5.41, 5.74) is 3.03. The highest BCUT2D eigenvalue weighted by atomic mass is 35.5. The number of hydrogen-bond acceptors (Lipinski definition) is 4. The Kier molecular flexibility index (Phi) is 9.62. The van der Waals surface area contributed by atoms with E-state index in [4.69, 9.17) is 4.74 Å². The molecule has 0 saturated heterocycles. The lowest BCUT2D eigenvalue weighted by Gasteiger charge is -2.16. The topological polar surface area (TPSA) is 62.4 Å². The van der Waals surface area contributed by atoms with Gasteiger partial charge in [0, 0.05) is 31.1 Å². The van der Waals surface area contributed by atoms with Crippen molar-refractivity contribution in [2.75, 3.05) is 37.4 Å². The number of ether oxygens (including phenoxy) is 1. The molecule has 5 nitrogen and oxygen atoms in total. The summed E-state index contributed by atoms with van der Waals surface area (Å²) in [6.45, 7) is 3.64. The molecule has 0 aliphatic heterocycles. The second-order valence-electron chi connectivity index (χ2n) is 5.57. The predicted molar refractivity (Wildman–Crippen MR) is 106 cm³/mol. The molecule has 25 heavy (non-hydrogen) atoms. The van der Waals surface area contributed by atoms with Crippen molar-refractivity contribution in [3.63, 3.8) is 0 Å². The molecule has 2 aromatic carbocycles. The van der Waals surface area contributed by atoms with Gasteiger partial charge in [0.1, 0.15) is 0 Å². The number of rotatable bonds is 9. The Hall–Kier alpha value is -2.08. The van der Waals surface area contributed by atoms with E-state index in [1.807, 2.05) is 42.5 Å². The van der Waals surface area contributed by atoms with Crippen molar-refractivity contribution < 1.29 is 9.53 Å². The molecule has 0 aromatic heterocycles. The minimum absolute atomic E-state index is 0. The minimum atomic E-state index is -0.0653. The van der Waals surface area contributed by atoms with Crippen molar-refractivity contribution in [2.24, 2.45) is 0 Å². The van der Waals surface area contributed by atoms with E-state index in [-0.39, 0.29) is 30.9 Å². The van der Waals surface area contributed by atoms with Gasteiger partial charge in [-0.25, -0.2) is 0 Å². The number of anilines is 2. The average molecular weight is 364 g/mol. The van der Waals surface area contributed by atoms with Gasteiger partial charge in [-0.1, -0.05) is 30.3 Å². The van der Waals surface area contributed by atoms with E-state index in [0.29, 0.717) is 13.2 Å². The number of methoxy groups -OCH3 is 1. The highest BCUT2D eigenvalue weighted by Gasteiger charge is 2.05. The van der Waals surface area contributed by atoms with Crippen molar-refractivity contribution in [1.82, 2.24) is 5.32 Å². The molecule has 2 rings (SSSR count). The number of carbonyl (C=O) groups excluding carboxylic acids is 1. The lowest BCUT2D eigenvalue weighted by atomic mass is 10.1. The van der Waals surface area contributed by atoms with Crippen molar-refractivity contribution in [3.05, 3.63) is 60.2 Å². The van der Waals surface area contributed by atoms with Crippen LogP contribution in [0.15, 0.2) is 54.6 Å². The Morgan fingerprint density at radius 2 is 1.68 bits per heavy atom. The smallest absolute Gasteiger partial charge is 0.238 e. The first kappa shape index (κ1) is 21.0. The number of hydrogen-bond donors (Lipinski definition) is 3. The molecule has 3 N–H and O–H groups in total. The summed E-state index contributed by atoms with van der Waals surface area (Å²) in [4.78, 5) is 11.8. The molecule has 1 unspecified atom stereocenters. The summed E-state index contributed by atoms with van der Waals surface area (Å²) in [7, 11) is 1.63. The van der Waals surface area contributed by atoms with E-state index in [0.717, 1.165) is 11.4 Å². The highest BCUT2D eigenvalue weighted by molar-refractivity contribution is 5.92. The fourth-order valence-electron chi connectivity index (χ4n) is 2.31. The van der Waals surface area contributed by atoms with E-state index in [9.17, 15) is 4.79 Å². The molecule has 0 saturated carbocycles. The zero-order chi connectivity index (χ0) is 17.2. The van der Waals surface area contributed by atoms with Crippen LogP contribution < -0.4 is 16.0 Å². The van der Waals surface area contributed by atoms with Crippen molar-refractivity contribution in [3.8, 4) is 0 Å². The highest BCUT2D eigenvalue weighted by Crippen LogP contribution is 2.20. The maximum absolute atomic E-state index is 11.8. The second-order valence-corrected chi connectivity index (χ2v) is 5.57. The standard InChI is InChI=1S/C19H25N3O2.ClH/c1-15(16-6-4-3-5-7-16)21-17-8-10-18(11-9-17)22-19(23)14-20-12-13-24-2;/h3-11,15,20-21H,12-14H2,1-2H3,(H,22,23);1H. The van der Waals surface area contributed by atoms with Gasteiger partial charge in [0.2, 0.25) is 5.91 Å². The summed E-state index contributed by atoms with van der Waals surface area (Å²) >= 11 is 0.